The topological polar surface area (TPSA) is 84.2 Å². The molecule has 0 radical (unpaired) electrons. The number of carboxylic acids is 1. The van der Waals surface area contributed by atoms with Crippen molar-refractivity contribution in [1.29, 1.82) is 0 Å². The lowest BCUT2D eigenvalue weighted by atomic mass is 9.99. The molecule has 1 amide bonds. The third-order valence-corrected chi connectivity index (χ3v) is 5.02. The van der Waals surface area contributed by atoms with E-state index in [1.165, 1.54) is 0 Å². The third-order valence-electron chi connectivity index (χ3n) is 3.83. The minimum Gasteiger partial charge on any atom is -0.479 e. The van der Waals surface area contributed by atoms with E-state index in [4.69, 9.17) is 0 Å². The van der Waals surface area contributed by atoms with Crippen molar-refractivity contribution in [2.45, 2.75) is 18.4 Å². The van der Waals surface area contributed by atoms with Gasteiger partial charge in [-0.25, -0.2) is 9.48 Å². The number of thioether (sulfide) groups is 1. The molecule has 0 spiro atoms. The van der Waals surface area contributed by atoms with E-state index in [0.29, 0.717) is 12.2 Å². The molecule has 23 heavy (non-hydrogen) atoms. The molecule has 1 aromatic heterocycles. The fourth-order valence-corrected chi connectivity index (χ4v) is 3.88. The molecule has 2 heterocycles. The average molecular weight is 331 g/mol. The van der Waals surface area contributed by atoms with Gasteiger partial charge in [-0.1, -0.05) is 18.2 Å². The monoisotopic (exact) mass is 331 g/mol. The van der Waals surface area contributed by atoms with Crippen molar-refractivity contribution in [3.05, 3.63) is 48.3 Å². The first-order chi connectivity index (χ1) is 11.1. The van der Waals surface area contributed by atoms with E-state index in [-0.39, 0.29) is 12.3 Å². The van der Waals surface area contributed by atoms with Crippen LogP contribution in [0.25, 0.3) is 5.69 Å². The summed E-state index contributed by atoms with van der Waals surface area (Å²) in [5.41, 5.74) is 0.530. The largest absolute Gasteiger partial charge is 0.479 e. The number of nitrogens with zero attached hydrogens (tertiary/aromatic N) is 2. The van der Waals surface area contributed by atoms with E-state index >= 15 is 0 Å². The van der Waals surface area contributed by atoms with Crippen LogP contribution in [0.2, 0.25) is 0 Å². The minimum atomic E-state index is -1.13. The van der Waals surface area contributed by atoms with E-state index < -0.39 is 11.5 Å². The summed E-state index contributed by atoms with van der Waals surface area (Å²) in [4.78, 5) is 23.7. The molecule has 7 heteroatoms. The maximum absolute atomic E-state index is 12.2. The summed E-state index contributed by atoms with van der Waals surface area (Å²) in [7, 11) is 0. The van der Waals surface area contributed by atoms with E-state index in [1.54, 1.807) is 28.8 Å². The van der Waals surface area contributed by atoms with Gasteiger partial charge in [0.15, 0.2) is 0 Å². The van der Waals surface area contributed by atoms with Crippen molar-refractivity contribution >= 4 is 23.6 Å². The quantitative estimate of drug-likeness (QED) is 0.867. The number of benzene rings is 1. The molecule has 0 saturated carbocycles. The zero-order valence-electron chi connectivity index (χ0n) is 12.4. The van der Waals surface area contributed by atoms with E-state index in [0.717, 1.165) is 17.0 Å². The molecule has 6 nitrogen and oxygen atoms in total. The summed E-state index contributed by atoms with van der Waals surface area (Å²) in [6.45, 7) is 0. The first-order valence-electron chi connectivity index (χ1n) is 7.30. The van der Waals surface area contributed by atoms with Gasteiger partial charge in [0.2, 0.25) is 5.91 Å². The highest BCUT2D eigenvalue weighted by atomic mass is 32.2. The Hall–Kier alpha value is -2.28. The van der Waals surface area contributed by atoms with Gasteiger partial charge < -0.3 is 10.4 Å². The van der Waals surface area contributed by atoms with Gasteiger partial charge in [-0.15, -0.1) is 0 Å². The van der Waals surface area contributed by atoms with Crippen molar-refractivity contribution in [2.75, 3.05) is 11.5 Å². The summed E-state index contributed by atoms with van der Waals surface area (Å²) in [6, 6.07) is 9.60. The van der Waals surface area contributed by atoms with Gasteiger partial charge in [-0.2, -0.15) is 16.9 Å². The Bertz CT molecular complexity index is 708. The Labute approximate surface area is 137 Å². The van der Waals surface area contributed by atoms with Crippen molar-refractivity contribution in [2.24, 2.45) is 0 Å². The van der Waals surface area contributed by atoms with Gasteiger partial charge in [0.1, 0.15) is 5.54 Å². The second-order valence-corrected chi connectivity index (χ2v) is 6.65. The number of carbonyl (C=O) groups excluding carboxylic acids is 1. The Morgan fingerprint density at radius 1 is 1.35 bits per heavy atom. The fraction of sp³-hybridized carbons (Fsp3) is 0.312. The Kier molecular flexibility index (Phi) is 4.38. The van der Waals surface area contributed by atoms with Crippen LogP contribution in [0.4, 0.5) is 0 Å². The molecule has 120 valence electrons. The van der Waals surface area contributed by atoms with Crippen molar-refractivity contribution in [3.63, 3.8) is 0 Å². The highest BCUT2D eigenvalue weighted by Gasteiger charge is 2.43. The molecular formula is C16H17N3O3S. The zero-order valence-corrected chi connectivity index (χ0v) is 13.3. The smallest absolute Gasteiger partial charge is 0.330 e. The summed E-state index contributed by atoms with van der Waals surface area (Å²) in [5, 5.41) is 16.3. The van der Waals surface area contributed by atoms with Crippen LogP contribution in [-0.2, 0) is 16.0 Å². The summed E-state index contributed by atoms with van der Waals surface area (Å²) in [5.74, 6) is -0.0890. The second kappa shape index (κ2) is 6.45. The number of aromatic nitrogens is 2. The molecule has 0 aliphatic carbocycles. The Morgan fingerprint density at radius 2 is 2.13 bits per heavy atom. The molecule has 1 aromatic carbocycles. The second-order valence-electron chi connectivity index (χ2n) is 5.54. The van der Waals surface area contributed by atoms with E-state index in [9.17, 15) is 14.7 Å². The molecule has 1 fully saturated rings. The maximum atomic E-state index is 12.2. The van der Waals surface area contributed by atoms with Gasteiger partial charge in [-0.3, -0.25) is 4.79 Å². The Morgan fingerprint density at radius 3 is 2.78 bits per heavy atom. The SMILES string of the molecule is O=C(Cc1cnn(-c2ccccc2)c1)NC1(C(=O)O)CCSC1. The number of carbonyl (C=O) groups is 2. The van der Waals surface area contributed by atoms with E-state index in [1.807, 2.05) is 30.3 Å². The van der Waals surface area contributed by atoms with Gasteiger partial charge in [0.25, 0.3) is 0 Å². The normalized spacial score (nSPS) is 20.3. The highest BCUT2D eigenvalue weighted by Crippen LogP contribution is 2.28. The molecule has 1 aliphatic heterocycles. The molecule has 3 rings (SSSR count). The number of amides is 1. The number of hydrogen-bond donors (Lipinski definition) is 2. The van der Waals surface area contributed by atoms with Gasteiger partial charge in [0, 0.05) is 11.9 Å². The van der Waals surface area contributed by atoms with Gasteiger partial charge in [0.05, 0.1) is 18.3 Å². The van der Waals surface area contributed by atoms with Gasteiger partial charge >= 0.3 is 5.97 Å². The highest BCUT2D eigenvalue weighted by molar-refractivity contribution is 7.99. The van der Waals surface area contributed by atoms with Crippen molar-refractivity contribution in [3.8, 4) is 5.69 Å². The number of nitrogens with one attached hydrogen (secondary N) is 1. The van der Waals surface area contributed by atoms with E-state index in [2.05, 4.69) is 10.4 Å². The number of rotatable bonds is 5. The van der Waals surface area contributed by atoms with Crippen LogP contribution in [0, 0.1) is 0 Å². The predicted molar refractivity (Wildman–Crippen MR) is 87.7 cm³/mol. The fourth-order valence-electron chi connectivity index (χ4n) is 2.56. The molecular weight excluding hydrogens is 314 g/mol. The molecule has 1 aliphatic rings. The van der Waals surface area contributed by atoms with Crippen molar-refractivity contribution < 1.29 is 14.7 Å². The van der Waals surface area contributed by atoms with Crippen LogP contribution in [0.1, 0.15) is 12.0 Å². The first kappa shape index (κ1) is 15.6. The lowest BCUT2D eigenvalue weighted by Crippen LogP contribution is -2.55. The summed E-state index contributed by atoms with van der Waals surface area (Å²) < 4.78 is 1.70. The molecule has 1 saturated heterocycles. The van der Waals surface area contributed by atoms with Crippen LogP contribution in [0.5, 0.6) is 0 Å². The predicted octanol–water partition coefficient (Wildman–Crippen LogP) is 1.49. The first-order valence-corrected chi connectivity index (χ1v) is 8.46. The van der Waals surface area contributed by atoms with Crippen molar-refractivity contribution in [1.82, 2.24) is 15.1 Å². The average Bonchev–Trinajstić information content (AvgIpc) is 3.18. The number of para-hydroxylation sites is 1. The van der Waals surface area contributed by atoms with Crippen LogP contribution in [0.3, 0.4) is 0 Å². The standard InChI is InChI=1S/C16H17N3O3S/c20-14(18-16(15(21)22)6-7-23-11-16)8-12-9-17-19(10-12)13-4-2-1-3-5-13/h1-5,9-10H,6-8,11H2,(H,18,20)(H,21,22). The third kappa shape index (κ3) is 3.39. The van der Waals surface area contributed by atoms with Crippen LogP contribution < -0.4 is 5.32 Å². The van der Waals surface area contributed by atoms with Crippen LogP contribution in [0.15, 0.2) is 42.7 Å². The lowest BCUT2D eigenvalue weighted by molar-refractivity contribution is -0.146. The lowest BCUT2D eigenvalue weighted by Gasteiger charge is -2.24. The summed E-state index contributed by atoms with van der Waals surface area (Å²) in [6.07, 6.45) is 3.99. The number of hydrogen-bond acceptors (Lipinski definition) is 4. The molecule has 0 bridgehead atoms. The minimum absolute atomic E-state index is 0.118. The number of carboxylic acid groups (broad SMARTS) is 1. The Balaban J connectivity index is 1.67. The van der Waals surface area contributed by atoms with Crippen LogP contribution in [-0.4, -0.2) is 43.8 Å². The molecule has 2 aromatic rings. The van der Waals surface area contributed by atoms with Gasteiger partial charge in [-0.05, 0) is 29.9 Å². The zero-order chi connectivity index (χ0) is 16.3. The molecule has 1 unspecified atom stereocenters. The van der Waals surface area contributed by atoms with Crippen LogP contribution >= 0.6 is 11.8 Å². The molecule has 1 atom stereocenters. The molecule has 2 N–H and O–H groups in total. The number of aliphatic carboxylic acids is 1. The maximum Gasteiger partial charge on any atom is 0.330 e. The summed E-state index contributed by atoms with van der Waals surface area (Å²) >= 11 is 1.55.